The number of benzene rings is 2. The molecular weight excluding hydrogens is 340 g/mol. The Kier molecular flexibility index (Phi) is 5.25. The molecule has 6 heteroatoms. The highest BCUT2D eigenvalue weighted by molar-refractivity contribution is 6.30. The maximum Gasteiger partial charge on any atom is 0.269 e. The fraction of sp³-hybridized carbons (Fsp3) is 0.368. The molecule has 2 aromatic carbocycles. The zero-order valence-electron chi connectivity index (χ0n) is 14.3. The van der Waals surface area contributed by atoms with Crippen LogP contribution in [0.15, 0.2) is 42.5 Å². The molecule has 0 bridgehead atoms. The summed E-state index contributed by atoms with van der Waals surface area (Å²) >= 11 is 6.21. The average molecular weight is 361 g/mol. The van der Waals surface area contributed by atoms with Crippen molar-refractivity contribution in [3.8, 4) is 5.75 Å². The van der Waals surface area contributed by atoms with Gasteiger partial charge in [0.1, 0.15) is 11.9 Å². The quantitative estimate of drug-likeness (QED) is 0.453. The highest BCUT2D eigenvalue weighted by atomic mass is 35.5. The minimum atomic E-state index is -0.410. The van der Waals surface area contributed by atoms with E-state index in [0.29, 0.717) is 16.8 Å². The maximum absolute atomic E-state index is 10.8. The molecule has 5 nitrogen and oxygen atoms in total. The maximum atomic E-state index is 10.8. The Morgan fingerprint density at radius 1 is 1.20 bits per heavy atom. The smallest absolute Gasteiger partial charge is 0.269 e. The molecule has 2 atom stereocenters. The van der Waals surface area contributed by atoms with Crippen LogP contribution >= 0.6 is 11.6 Å². The largest absolute Gasteiger partial charge is 0.486 e. The molecule has 25 heavy (non-hydrogen) atoms. The van der Waals surface area contributed by atoms with Crippen molar-refractivity contribution in [1.82, 2.24) is 4.90 Å². The lowest BCUT2D eigenvalue weighted by Gasteiger charge is -2.27. The fourth-order valence-corrected chi connectivity index (χ4v) is 3.48. The highest BCUT2D eigenvalue weighted by Crippen LogP contribution is 2.35. The second-order valence-corrected chi connectivity index (χ2v) is 7.03. The SMILES string of the molecule is CN(C)[C@@H]1CCc2ccc(Cl)cc2[C@H](Oc2ccc([N+](=O)[O-])cc2)C1. The van der Waals surface area contributed by atoms with Gasteiger partial charge >= 0.3 is 0 Å². The van der Waals surface area contributed by atoms with E-state index < -0.39 is 4.92 Å². The van der Waals surface area contributed by atoms with Crippen molar-refractivity contribution in [1.29, 1.82) is 0 Å². The fourth-order valence-electron chi connectivity index (χ4n) is 3.30. The standard InChI is InChI=1S/C19H21ClN2O3/c1-21(2)16-6-4-13-3-5-14(20)11-18(13)19(12-16)25-17-9-7-15(8-10-17)22(23)24/h3,5,7-11,16,19H,4,6,12H2,1-2H3/t16-,19-/m1/s1. The second-order valence-electron chi connectivity index (χ2n) is 6.59. The molecule has 0 aliphatic heterocycles. The van der Waals surface area contributed by atoms with Gasteiger partial charge in [-0.25, -0.2) is 0 Å². The molecule has 0 saturated heterocycles. The first-order valence-corrected chi connectivity index (χ1v) is 8.67. The van der Waals surface area contributed by atoms with Gasteiger partial charge in [0.05, 0.1) is 4.92 Å². The van der Waals surface area contributed by atoms with E-state index in [1.165, 1.54) is 17.7 Å². The van der Waals surface area contributed by atoms with E-state index in [-0.39, 0.29) is 11.8 Å². The Labute approximate surface area is 152 Å². The number of rotatable bonds is 4. The molecule has 0 aromatic heterocycles. The summed E-state index contributed by atoms with van der Waals surface area (Å²) in [5.41, 5.74) is 2.42. The lowest BCUT2D eigenvalue weighted by atomic mass is 10.0. The number of nitrogens with zero attached hydrogens (tertiary/aromatic N) is 2. The Bertz CT molecular complexity index is 762. The van der Waals surface area contributed by atoms with Crippen LogP contribution in [-0.2, 0) is 6.42 Å². The van der Waals surface area contributed by atoms with Gasteiger partial charge in [-0.2, -0.15) is 0 Å². The molecule has 0 radical (unpaired) electrons. The van der Waals surface area contributed by atoms with Crippen molar-refractivity contribution in [2.24, 2.45) is 0 Å². The van der Waals surface area contributed by atoms with Crippen LogP contribution in [-0.4, -0.2) is 30.0 Å². The first-order chi connectivity index (χ1) is 11.9. The lowest BCUT2D eigenvalue weighted by Crippen LogP contribution is -2.30. The molecule has 3 rings (SSSR count). The number of ether oxygens (including phenoxy) is 1. The van der Waals surface area contributed by atoms with Crippen molar-refractivity contribution in [3.05, 3.63) is 68.7 Å². The van der Waals surface area contributed by atoms with E-state index in [2.05, 4.69) is 25.1 Å². The Hall–Kier alpha value is -2.11. The van der Waals surface area contributed by atoms with E-state index >= 15 is 0 Å². The molecular formula is C19H21ClN2O3. The minimum absolute atomic E-state index is 0.0582. The highest BCUT2D eigenvalue weighted by Gasteiger charge is 2.27. The monoisotopic (exact) mass is 360 g/mol. The summed E-state index contributed by atoms with van der Waals surface area (Å²) in [4.78, 5) is 12.6. The van der Waals surface area contributed by atoms with Gasteiger partial charge in [0.25, 0.3) is 5.69 Å². The molecule has 1 aliphatic rings. The summed E-state index contributed by atoms with van der Waals surface area (Å²) < 4.78 is 6.22. The number of non-ortho nitro benzene ring substituents is 1. The van der Waals surface area contributed by atoms with E-state index in [9.17, 15) is 10.1 Å². The summed E-state index contributed by atoms with van der Waals surface area (Å²) in [6.45, 7) is 0. The van der Waals surface area contributed by atoms with Crippen molar-refractivity contribution >= 4 is 17.3 Å². The van der Waals surface area contributed by atoms with Crippen molar-refractivity contribution in [3.63, 3.8) is 0 Å². The Morgan fingerprint density at radius 3 is 2.56 bits per heavy atom. The van der Waals surface area contributed by atoms with Gasteiger partial charge in [-0.15, -0.1) is 0 Å². The van der Waals surface area contributed by atoms with E-state index in [1.54, 1.807) is 12.1 Å². The van der Waals surface area contributed by atoms with Crippen LogP contribution < -0.4 is 4.74 Å². The number of halogens is 1. The first-order valence-electron chi connectivity index (χ1n) is 8.30. The van der Waals surface area contributed by atoms with E-state index in [0.717, 1.165) is 24.8 Å². The molecule has 0 heterocycles. The van der Waals surface area contributed by atoms with Gasteiger partial charge in [-0.1, -0.05) is 17.7 Å². The predicted octanol–water partition coefficient (Wildman–Crippen LogP) is 4.63. The van der Waals surface area contributed by atoms with Crippen LogP contribution in [0, 0.1) is 10.1 Å². The van der Waals surface area contributed by atoms with E-state index in [1.807, 2.05) is 12.1 Å². The van der Waals surface area contributed by atoms with Crippen LogP contribution in [0.1, 0.15) is 30.1 Å². The Balaban J connectivity index is 1.90. The molecule has 2 aromatic rings. The molecule has 0 fully saturated rings. The third-order valence-corrected chi connectivity index (χ3v) is 4.98. The van der Waals surface area contributed by atoms with Gasteiger partial charge in [0.2, 0.25) is 0 Å². The van der Waals surface area contributed by atoms with Crippen molar-refractivity contribution < 1.29 is 9.66 Å². The zero-order chi connectivity index (χ0) is 18.0. The molecule has 132 valence electrons. The number of fused-ring (bicyclic) bond motifs is 1. The van der Waals surface area contributed by atoms with Gasteiger partial charge in [0, 0.05) is 29.6 Å². The second kappa shape index (κ2) is 7.42. The van der Waals surface area contributed by atoms with Crippen LogP contribution in [0.2, 0.25) is 5.02 Å². The summed E-state index contributed by atoms with van der Waals surface area (Å²) in [6.07, 6.45) is 2.75. The Morgan fingerprint density at radius 2 is 1.92 bits per heavy atom. The molecule has 0 unspecified atom stereocenters. The van der Waals surface area contributed by atoms with Crippen LogP contribution in [0.3, 0.4) is 0 Å². The average Bonchev–Trinajstić information content (AvgIpc) is 2.75. The van der Waals surface area contributed by atoms with Crippen LogP contribution in [0.5, 0.6) is 5.75 Å². The predicted molar refractivity (Wildman–Crippen MR) is 98.3 cm³/mol. The zero-order valence-corrected chi connectivity index (χ0v) is 15.1. The van der Waals surface area contributed by atoms with Gasteiger partial charge in [0.15, 0.2) is 0 Å². The summed E-state index contributed by atoms with van der Waals surface area (Å²) in [7, 11) is 4.16. The lowest BCUT2D eigenvalue weighted by molar-refractivity contribution is -0.384. The number of hydrogen-bond donors (Lipinski definition) is 0. The van der Waals surface area contributed by atoms with Crippen molar-refractivity contribution in [2.45, 2.75) is 31.4 Å². The molecule has 1 aliphatic carbocycles. The third-order valence-electron chi connectivity index (χ3n) is 4.74. The number of aryl methyl sites for hydroxylation is 1. The van der Waals surface area contributed by atoms with Gasteiger partial charge in [-0.3, -0.25) is 10.1 Å². The normalized spacial score (nSPS) is 20.0. The first kappa shape index (κ1) is 17.7. The van der Waals surface area contributed by atoms with Crippen molar-refractivity contribution in [2.75, 3.05) is 14.1 Å². The molecule has 0 amide bonds. The molecule has 0 saturated carbocycles. The van der Waals surface area contributed by atoms with Gasteiger partial charge < -0.3 is 9.64 Å². The number of nitro benzene ring substituents is 1. The minimum Gasteiger partial charge on any atom is -0.486 e. The van der Waals surface area contributed by atoms with Crippen LogP contribution in [0.4, 0.5) is 5.69 Å². The number of nitro groups is 1. The number of hydrogen-bond acceptors (Lipinski definition) is 4. The summed E-state index contributed by atoms with van der Waals surface area (Å²) in [5.74, 6) is 0.626. The van der Waals surface area contributed by atoms with Crippen LogP contribution in [0.25, 0.3) is 0 Å². The topological polar surface area (TPSA) is 55.6 Å². The third kappa shape index (κ3) is 4.11. The molecule has 0 N–H and O–H groups in total. The molecule has 0 spiro atoms. The summed E-state index contributed by atoms with van der Waals surface area (Å²) in [5, 5.41) is 11.5. The van der Waals surface area contributed by atoms with Gasteiger partial charge in [-0.05, 0) is 62.3 Å². The summed E-state index contributed by atoms with van der Waals surface area (Å²) in [6, 6.07) is 12.6. The van der Waals surface area contributed by atoms with E-state index in [4.69, 9.17) is 16.3 Å².